The third-order valence-electron chi connectivity index (χ3n) is 6.53. The van der Waals surface area contributed by atoms with Crippen molar-refractivity contribution in [2.75, 3.05) is 0 Å². The average molecular weight is 204 g/mol. The molecule has 15 heavy (non-hydrogen) atoms. The molecule has 0 nitrogen and oxygen atoms in total. The molecule has 3 aliphatic rings. The van der Waals surface area contributed by atoms with E-state index in [-0.39, 0.29) is 0 Å². The van der Waals surface area contributed by atoms with Gasteiger partial charge in [-0.05, 0) is 47.8 Å². The fourth-order valence-electron chi connectivity index (χ4n) is 5.82. The molecule has 0 heterocycles. The molecule has 0 N–H and O–H groups in total. The molecule has 1 spiro atoms. The van der Waals surface area contributed by atoms with E-state index in [1.165, 1.54) is 25.9 Å². The van der Waals surface area contributed by atoms with Crippen molar-refractivity contribution in [3.05, 3.63) is 0 Å². The van der Waals surface area contributed by atoms with Crippen LogP contribution in [0.15, 0.2) is 0 Å². The summed E-state index contributed by atoms with van der Waals surface area (Å²) in [6.07, 6.45) is 6.08. The van der Waals surface area contributed by atoms with Gasteiger partial charge in [0, 0.05) is 0 Å². The zero-order valence-electron chi connectivity index (χ0n) is 10.8. The summed E-state index contributed by atoms with van der Waals surface area (Å²) < 4.78 is 0. The Morgan fingerprint density at radius 2 is 2.20 bits per heavy atom. The molecular formula is C14H25B. The van der Waals surface area contributed by atoms with Crippen LogP contribution in [0.1, 0.15) is 40.0 Å². The lowest BCUT2D eigenvalue weighted by Crippen LogP contribution is -2.47. The molecule has 0 aromatic heterocycles. The summed E-state index contributed by atoms with van der Waals surface area (Å²) in [6, 6.07) is 0. The number of rotatable bonds is 4. The summed E-state index contributed by atoms with van der Waals surface area (Å²) in [6.45, 7) is 9.94. The first-order valence-corrected chi connectivity index (χ1v) is 7.07. The maximum Gasteiger partial charge on any atom is 0.117 e. The molecule has 3 unspecified atom stereocenters. The average Bonchev–Trinajstić information content (AvgIpc) is 2.61. The Morgan fingerprint density at radius 1 is 1.47 bits per heavy atom. The molecule has 0 bridgehead atoms. The molecule has 3 fully saturated rings. The van der Waals surface area contributed by atoms with E-state index >= 15 is 0 Å². The van der Waals surface area contributed by atoms with Gasteiger partial charge in [0.05, 0.1) is 0 Å². The molecule has 0 aromatic rings. The second-order valence-electron chi connectivity index (χ2n) is 7.06. The lowest BCUT2D eigenvalue weighted by molar-refractivity contribution is -0.0524. The summed E-state index contributed by atoms with van der Waals surface area (Å²) in [5, 5.41) is 0. The highest BCUT2D eigenvalue weighted by Crippen LogP contribution is 2.92. The van der Waals surface area contributed by atoms with Crippen LogP contribution < -0.4 is 0 Å². The van der Waals surface area contributed by atoms with Gasteiger partial charge in [0.15, 0.2) is 0 Å². The van der Waals surface area contributed by atoms with Gasteiger partial charge in [-0.2, -0.15) is 0 Å². The van der Waals surface area contributed by atoms with Gasteiger partial charge < -0.3 is 0 Å². The molecule has 3 aliphatic carbocycles. The second kappa shape index (κ2) is 2.84. The van der Waals surface area contributed by atoms with Gasteiger partial charge >= 0.3 is 0 Å². The van der Waals surface area contributed by atoms with E-state index in [4.69, 9.17) is 0 Å². The predicted molar refractivity (Wildman–Crippen MR) is 67.5 cm³/mol. The van der Waals surface area contributed by atoms with Gasteiger partial charge in [-0.15, -0.1) is 0 Å². The van der Waals surface area contributed by atoms with Crippen molar-refractivity contribution in [2.24, 2.45) is 34.5 Å². The molecular weight excluding hydrogens is 179 g/mol. The van der Waals surface area contributed by atoms with E-state index in [1.807, 2.05) is 0 Å². The third kappa shape index (κ3) is 0.965. The molecule has 6 atom stereocenters. The highest BCUT2D eigenvalue weighted by Gasteiger charge is 2.86. The van der Waals surface area contributed by atoms with E-state index in [2.05, 4.69) is 27.6 Å². The first-order chi connectivity index (χ1) is 7.07. The van der Waals surface area contributed by atoms with Gasteiger partial charge in [0.2, 0.25) is 0 Å². The Morgan fingerprint density at radius 3 is 2.60 bits per heavy atom. The first kappa shape index (κ1) is 10.2. The molecule has 3 saturated carbocycles. The van der Waals surface area contributed by atoms with Crippen molar-refractivity contribution in [3.8, 4) is 0 Å². The Kier molecular flexibility index (Phi) is 1.94. The fourth-order valence-corrected chi connectivity index (χ4v) is 5.82. The van der Waals surface area contributed by atoms with E-state index < -0.39 is 0 Å². The van der Waals surface area contributed by atoms with Crippen LogP contribution in [0.4, 0.5) is 0 Å². The zero-order chi connectivity index (χ0) is 10.8. The Labute approximate surface area is 95.5 Å². The van der Waals surface area contributed by atoms with Crippen molar-refractivity contribution < 1.29 is 0 Å². The smallest absolute Gasteiger partial charge is 0.0893 e. The van der Waals surface area contributed by atoms with Crippen molar-refractivity contribution in [1.82, 2.24) is 0 Å². The third-order valence-corrected chi connectivity index (χ3v) is 6.53. The van der Waals surface area contributed by atoms with Crippen LogP contribution in [0.25, 0.3) is 0 Å². The van der Waals surface area contributed by atoms with Crippen LogP contribution in [0.5, 0.6) is 0 Å². The molecule has 3 rings (SSSR count). The minimum atomic E-state index is 0.732. The highest BCUT2D eigenvalue weighted by atomic mass is 14.9. The first-order valence-electron chi connectivity index (χ1n) is 7.07. The maximum absolute atomic E-state index is 2.60. The minimum Gasteiger partial charge on any atom is -0.0893 e. The van der Waals surface area contributed by atoms with E-state index in [0.29, 0.717) is 0 Å². The highest BCUT2D eigenvalue weighted by molar-refractivity contribution is 6.33. The predicted octanol–water partition coefficient (Wildman–Crippen LogP) is 3.60. The molecule has 84 valence electrons. The van der Waals surface area contributed by atoms with Crippen LogP contribution in [0, 0.1) is 34.5 Å². The summed E-state index contributed by atoms with van der Waals surface area (Å²) >= 11 is 0. The largest absolute Gasteiger partial charge is 0.117 e. The van der Waals surface area contributed by atoms with E-state index in [9.17, 15) is 0 Å². The van der Waals surface area contributed by atoms with Gasteiger partial charge in [0.1, 0.15) is 7.28 Å². The molecule has 0 amide bonds. The van der Waals surface area contributed by atoms with Gasteiger partial charge in [0.25, 0.3) is 0 Å². The lowest BCUT2D eigenvalue weighted by Gasteiger charge is -2.53. The number of fused-ring (bicyclic) bond motifs is 1. The maximum atomic E-state index is 2.60. The normalized spacial score (nSPS) is 56.9. The van der Waals surface area contributed by atoms with E-state index in [1.54, 1.807) is 12.8 Å². The van der Waals surface area contributed by atoms with Gasteiger partial charge in [-0.25, -0.2) is 0 Å². The summed E-state index contributed by atoms with van der Waals surface area (Å²) in [4.78, 5) is 0. The van der Waals surface area contributed by atoms with Crippen molar-refractivity contribution >= 4 is 7.28 Å². The molecule has 0 radical (unpaired) electrons. The molecule has 0 aromatic carbocycles. The van der Waals surface area contributed by atoms with Crippen LogP contribution in [0.3, 0.4) is 0 Å². The molecule has 1 heteroatoms. The Hall–Kier alpha value is 0.0649. The summed E-state index contributed by atoms with van der Waals surface area (Å²) in [5.74, 6) is 4.32. The number of hydrogen-bond donors (Lipinski definition) is 0. The fraction of sp³-hybridized carbons (Fsp3) is 1.00. The van der Waals surface area contributed by atoms with Crippen LogP contribution in [0.2, 0.25) is 13.1 Å². The minimum absolute atomic E-state index is 0.732. The summed E-state index contributed by atoms with van der Waals surface area (Å²) in [7, 11) is 1.37. The molecule has 0 saturated heterocycles. The Bertz CT molecular complexity index is 277. The van der Waals surface area contributed by atoms with Gasteiger partial charge in [-0.3, -0.25) is 0 Å². The van der Waals surface area contributed by atoms with Gasteiger partial charge in [-0.1, -0.05) is 39.8 Å². The zero-order valence-corrected chi connectivity index (χ0v) is 10.8. The lowest BCUT2D eigenvalue weighted by atomic mass is 9.50. The van der Waals surface area contributed by atoms with Crippen LogP contribution in [-0.2, 0) is 0 Å². The topological polar surface area (TPSA) is 0 Å². The van der Waals surface area contributed by atoms with Crippen molar-refractivity contribution in [1.29, 1.82) is 0 Å². The second-order valence-corrected chi connectivity index (χ2v) is 7.06. The summed E-state index contributed by atoms with van der Waals surface area (Å²) in [5.41, 5.74) is 1.64. The molecule has 0 aliphatic heterocycles. The Balaban J connectivity index is 1.66. The monoisotopic (exact) mass is 204 g/mol. The van der Waals surface area contributed by atoms with Crippen molar-refractivity contribution in [2.45, 2.75) is 53.2 Å². The SMILES string of the molecule is CBC[C@@H](C)CC1(C)C2[C@@H]3CCC23[C@@H]1C. The van der Waals surface area contributed by atoms with Crippen LogP contribution >= 0.6 is 0 Å². The number of hydrogen-bond acceptors (Lipinski definition) is 0. The van der Waals surface area contributed by atoms with Crippen LogP contribution in [-0.4, -0.2) is 7.28 Å². The standard InChI is InChI=1S/C14H25B/c1-9(8-15-4)7-13(3)10(2)14-6-5-11(14)12(13)14/h9-12,15H,5-8H2,1-4H3/t9-,10+,11-,12?,13?,14?/m0/s1. The quantitative estimate of drug-likeness (QED) is 0.614. The van der Waals surface area contributed by atoms with Crippen molar-refractivity contribution in [3.63, 3.8) is 0 Å². The van der Waals surface area contributed by atoms with E-state index in [0.717, 1.165) is 28.6 Å².